The molecule has 70 heavy (non-hydrogen) atoms. The molecule has 0 unspecified atom stereocenters. The lowest BCUT2D eigenvalue weighted by molar-refractivity contribution is 0.670. The average Bonchev–Trinajstić information content (AvgIpc) is 3.84. The number of nitrogens with zero attached hydrogens (tertiary/aromatic N) is 1. The average molecular weight is 892 g/mol. The van der Waals surface area contributed by atoms with Gasteiger partial charge in [-0.2, -0.15) is 0 Å². The number of benzene rings is 12. The van der Waals surface area contributed by atoms with Gasteiger partial charge in [-0.05, 0) is 137 Å². The standard InChI is InChI=1S/C68H45NO/c1-3-17-48(18-4-1)60-41-36-54(45-64(60)50-19-5-2-6-20-50)59-26-12-11-24-57(59)51-34-39-56(40-35-51)69(55-37-32-47(33-38-55)53-31-30-46-16-7-8-22-52(46)44-53)65-43-42-62(61-28-15-23-49-21-9-10-25-58(49)61)68-67(65)63-27-13-14-29-66(63)70-68/h1-45H. The van der Waals surface area contributed by atoms with Crippen LogP contribution in [0.5, 0.6) is 0 Å². The highest BCUT2D eigenvalue weighted by molar-refractivity contribution is 6.18. The van der Waals surface area contributed by atoms with Crippen molar-refractivity contribution in [1.82, 2.24) is 0 Å². The summed E-state index contributed by atoms with van der Waals surface area (Å²) in [4.78, 5) is 2.39. The Morgan fingerprint density at radius 1 is 0.257 bits per heavy atom. The summed E-state index contributed by atoms with van der Waals surface area (Å²) in [5, 5.41) is 7.01. The van der Waals surface area contributed by atoms with Gasteiger partial charge in [-0.15, -0.1) is 0 Å². The number of hydrogen-bond acceptors (Lipinski definition) is 2. The molecule has 13 aromatic rings. The van der Waals surface area contributed by atoms with Crippen molar-refractivity contribution >= 4 is 60.5 Å². The molecule has 0 bridgehead atoms. The van der Waals surface area contributed by atoms with Crippen molar-refractivity contribution < 1.29 is 4.42 Å². The first-order valence-electron chi connectivity index (χ1n) is 24.0. The molecule has 2 heteroatoms. The summed E-state index contributed by atoms with van der Waals surface area (Å²) in [6.45, 7) is 0. The molecule has 0 atom stereocenters. The van der Waals surface area contributed by atoms with Crippen LogP contribution in [0.2, 0.25) is 0 Å². The van der Waals surface area contributed by atoms with Crippen LogP contribution in [0, 0.1) is 0 Å². The van der Waals surface area contributed by atoms with Crippen molar-refractivity contribution in [1.29, 1.82) is 0 Å². The molecule has 0 aliphatic rings. The topological polar surface area (TPSA) is 16.4 Å². The van der Waals surface area contributed by atoms with E-state index in [9.17, 15) is 0 Å². The molecule has 13 rings (SSSR count). The van der Waals surface area contributed by atoms with E-state index in [1.165, 1.54) is 71.6 Å². The lowest BCUT2D eigenvalue weighted by Crippen LogP contribution is -2.10. The highest BCUT2D eigenvalue weighted by Gasteiger charge is 2.23. The number of furan rings is 1. The van der Waals surface area contributed by atoms with Crippen molar-refractivity contribution in [2.24, 2.45) is 0 Å². The van der Waals surface area contributed by atoms with E-state index in [-0.39, 0.29) is 0 Å². The molecule has 0 spiro atoms. The van der Waals surface area contributed by atoms with Crippen LogP contribution < -0.4 is 4.90 Å². The van der Waals surface area contributed by atoms with E-state index >= 15 is 0 Å². The fraction of sp³-hybridized carbons (Fsp3) is 0. The van der Waals surface area contributed by atoms with Crippen LogP contribution in [0.3, 0.4) is 0 Å². The largest absolute Gasteiger partial charge is 0.455 e. The summed E-state index contributed by atoms with van der Waals surface area (Å²) in [7, 11) is 0. The normalized spacial score (nSPS) is 11.4. The summed E-state index contributed by atoms with van der Waals surface area (Å²) in [6.07, 6.45) is 0. The fourth-order valence-corrected chi connectivity index (χ4v) is 10.5. The van der Waals surface area contributed by atoms with Crippen molar-refractivity contribution in [3.05, 3.63) is 273 Å². The highest BCUT2D eigenvalue weighted by Crippen LogP contribution is 2.48. The van der Waals surface area contributed by atoms with Crippen LogP contribution in [0.1, 0.15) is 0 Å². The maximum absolute atomic E-state index is 6.94. The summed E-state index contributed by atoms with van der Waals surface area (Å²) in [5.41, 5.74) is 18.9. The molecule has 328 valence electrons. The minimum absolute atomic E-state index is 0.859. The number of para-hydroxylation sites is 1. The second-order valence-corrected chi connectivity index (χ2v) is 18.0. The maximum atomic E-state index is 6.94. The molecule has 2 nitrogen and oxygen atoms in total. The Balaban J connectivity index is 0.958. The summed E-state index contributed by atoms with van der Waals surface area (Å²) < 4.78 is 6.94. The van der Waals surface area contributed by atoms with E-state index < -0.39 is 0 Å². The second kappa shape index (κ2) is 17.4. The zero-order valence-corrected chi connectivity index (χ0v) is 38.3. The minimum Gasteiger partial charge on any atom is -0.455 e. The van der Waals surface area contributed by atoms with Gasteiger partial charge in [0.2, 0.25) is 0 Å². The smallest absolute Gasteiger partial charge is 0.145 e. The summed E-state index contributed by atoms with van der Waals surface area (Å²) >= 11 is 0. The fourth-order valence-electron chi connectivity index (χ4n) is 10.5. The minimum atomic E-state index is 0.859. The van der Waals surface area contributed by atoms with Crippen LogP contribution in [-0.4, -0.2) is 0 Å². The van der Waals surface area contributed by atoms with Crippen LogP contribution >= 0.6 is 0 Å². The molecule has 0 aliphatic carbocycles. The quantitative estimate of drug-likeness (QED) is 0.144. The Morgan fingerprint density at radius 3 is 1.50 bits per heavy atom. The molecular weight excluding hydrogens is 847 g/mol. The monoisotopic (exact) mass is 891 g/mol. The maximum Gasteiger partial charge on any atom is 0.145 e. The van der Waals surface area contributed by atoms with Gasteiger partial charge in [0, 0.05) is 22.3 Å². The van der Waals surface area contributed by atoms with Crippen molar-refractivity contribution in [2.45, 2.75) is 0 Å². The molecular formula is C68H45NO. The van der Waals surface area contributed by atoms with Gasteiger partial charge < -0.3 is 9.32 Å². The zero-order valence-electron chi connectivity index (χ0n) is 38.3. The molecule has 0 fully saturated rings. The van der Waals surface area contributed by atoms with E-state index in [1.54, 1.807) is 0 Å². The van der Waals surface area contributed by atoms with E-state index in [0.717, 1.165) is 55.7 Å². The van der Waals surface area contributed by atoms with Gasteiger partial charge in [0.05, 0.1) is 11.1 Å². The second-order valence-electron chi connectivity index (χ2n) is 18.0. The lowest BCUT2D eigenvalue weighted by atomic mass is 9.88. The molecule has 0 N–H and O–H groups in total. The Labute approximate surface area is 407 Å². The molecule has 12 aromatic carbocycles. The SMILES string of the molecule is c1ccc(-c2ccc(-c3ccccc3-c3ccc(N(c4ccc(-c5ccc6ccccc6c5)cc4)c4ccc(-c5cccc6ccccc56)c5oc6ccccc6c45)cc3)cc2-c2ccccc2)cc1. The number of fused-ring (bicyclic) bond motifs is 5. The Morgan fingerprint density at radius 2 is 0.757 bits per heavy atom. The Hall–Kier alpha value is -9.24. The Kier molecular flexibility index (Phi) is 10.2. The Bertz CT molecular complexity index is 4030. The number of rotatable bonds is 9. The van der Waals surface area contributed by atoms with E-state index in [0.29, 0.717) is 0 Å². The van der Waals surface area contributed by atoms with Gasteiger partial charge in [-0.25, -0.2) is 0 Å². The third-order valence-corrected chi connectivity index (χ3v) is 13.9. The molecule has 0 saturated carbocycles. The third-order valence-electron chi connectivity index (χ3n) is 13.9. The molecule has 1 heterocycles. The van der Waals surface area contributed by atoms with Gasteiger partial charge in [-0.3, -0.25) is 0 Å². The summed E-state index contributed by atoms with van der Waals surface area (Å²) in [6, 6.07) is 98.6. The molecule has 0 saturated heterocycles. The lowest BCUT2D eigenvalue weighted by Gasteiger charge is -2.27. The number of hydrogen-bond donors (Lipinski definition) is 0. The van der Waals surface area contributed by atoms with Gasteiger partial charge in [-0.1, -0.05) is 218 Å². The molecule has 0 aliphatic heterocycles. The van der Waals surface area contributed by atoms with Gasteiger partial charge >= 0.3 is 0 Å². The van der Waals surface area contributed by atoms with Crippen molar-refractivity contribution in [2.75, 3.05) is 4.90 Å². The third kappa shape index (κ3) is 7.31. The first-order valence-corrected chi connectivity index (χ1v) is 24.0. The van der Waals surface area contributed by atoms with Crippen LogP contribution in [0.25, 0.3) is 110 Å². The first-order chi connectivity index (χ1) is 34.7. The first kappa shape index (κ1) is 41.0. The van der Waals surface area contributed by atoms with E-state index in [1.807, 2.05) is 0 Å². The predicted octanol–water partition coefficient (Wildman–Crippen LogP) is 19.4. The van der Waals surface area contributed by atoms with Crippen LogP contribution in [-0.2, 0) is 0 Å². The predicted molar refractivity (Wildman–Crippen MR) is 296 cm³/mol. The number of anilines is 3. The van der Waals surface area contributed by atoms with Crippen LogP contribution in [0.4, 0.5) is 17.1 Å². The summed E-state index contributed by atoms with van der Waals surface area (Å²) in [5.74, 6) is 0. The van der Waals surface area contributed by atoms with Crippen molar-refractivity contribution in [3.8, 4) is 66.8 Å². The van der Waals surface area contributed by atoms with Gasteiger partial charge in [0.1, 0.15) is 11.2 Å². The molecule has 0 radical (unpaired) electrons. The van der Waals surface area contributed by atoms with Gasteiger partial charge in [0.15, 0.2) is 0 Å². The van der Waals surface area contributed by atoms with Gasteiger partial charge in [0.25, 0.3) is 0 Å². The van der Waals surface area contributed by atoms with Crippen molar-refractivity contribution in [3.63, 3.8) is 0 Å². The molecule has 0 amide bonds. The van der Waals surface area contributed by atoms with E-state index in [4.69, 9.17) is 4.42 Å². The zero-order chi connectivity index (χ0) is 46.4. The van der Waals surface area contributed by atoms with E-state index in [2.05, 4.69) is 278 Å². The van der Waals surface area contributed by atoms with Crippen LogP contribution in [0.15, 0.2) is 277 Å². The molecule has 1 aromatic heterocycles. The highest BCUT2D eigenvalue weighted by atomic mass is 16.3.